The fourth-order valence-electron chi connectivity index (χ4n) is 3.17. The molecule has 0 unspecified atom stereocenters. The highest BCUT2D eigenvalue weighted by molar-refractivity contribution is 5.95. The number of nitrogens with zero attached hydrogens (tertiary/aromatic N) is 3. The van der Waals surface area contributed by atoms with Gasteiger partial charge in [0.15, 0.2) is 11.5 Å². The zero-order valence-corrected chi connectivity index (χ0v) is 14.7. The summed E-state index contributed by atoms with van der Waals surface area (Å²) >= 11 is 0. The third-order valence-corrected chi connectivity index (χ3v) is 4.56. The Labute approximate surface area is 150 Å². The number of fused-ring (bicyclic) bond motifs is 2. The number of aromatic nitrogens is 2. The molecule has 26 heavy (non-hydrogen) atoms. The lowest BCUT2D eigenvalue weighted by molar-refractivity contribution is 0.0730. The number of nitrogens with one attached hydrogen (secondary N) is 1. The van der Waals surface area contributed by atoms with Crippen molar-refractivity contribution in [1.29, 1.82) is 0 Å². The topological polar surface area (TPSA) is 87.8 Å². The molecule has 2 aliphatic heterocycles. The van der Waals surface area contributed by atoms with Crippen molar-refractivity contribution in [3.63, 3.8) is 0 Å². The van der Waals surface area contributed by atoms with Gasteiger partial charge in [-0.1, -0.05) is 0 Å². The number of anilines is 1. The molecular formula is C18H20N4O4. The minimum absolute atomic E-state index is 0.110. The van der Waals surface area contributed by atoms with Gasteiger partial charge in [0.05, 0.1) is 12.2 Å². The van der Waals surface area contributed by atoms with Crippen LogP contribution >= 0.6 is 0 Å². The molecule has 0 bridgehead atoms. The lowest BCUT2D eigenvalue weighted by Gasteiger charge is -2.29. The number of rotatable bonds is 2. The first-order valence-corrected chi connectivity index (χ1v) is 8.51. The third kappa shape index (κ3) is 2.87. The Balaban J connectivity index is 1.60. The quantitative estimate of drug-likeness (QED) is 0.857. The molecule has 0 radical (unpaired) electrons. The average molecular weight is 356 g/mol. The molecule has 0 saturated carbocycles. The van der Waals surface area contributed by atoms with Crippen molar-refractivity contribution in [2.45, 2.75) is 13.0 Å². The van der Waals surface area contributed by atoms with Gasteiger partial charge in [-0.05, 0) is 24.6 Å². The third-order valence-electron chi connectivity index (χ3n) is 4.56. The number of amides is 1. The number of carbonyl (C=O) groups excluding carboxylic acids is 1. The van der Waals surface area contributed by atoms with Crippen molar-refractivity contribution in [3.8, 4) is 11.5 Å². The van der Waals surface area contributed by atoms with Crippen LogP contribution in [0.3, 0.4) is 0 Å². The summed E-state index contributed by atoms with van der Waals surface area (Å²) in [4.78, 5) is 35.9. The average Bonchev–Trinajstić information content (AvgIpc) is 2.66. The predicted molar refractivity (Wildman–Crippen MR) is 95.1 cm³/mol. The van der Waals surface area contributed by atoms with E-state index in [1.165, 1.54) is 0 Å². The molecule has 0 atom stereocenters. The smallest absolute Gasteiger partial charge is 0.255 e. The Bertz CT molecular complexity index is 922. The van der Waals surface area contributed by atoms with Crippen molar-refractivity contribution in [2.75, 3.05) is 38.8 Å². The molecule has 1 aromatic carbocycles. The van der Waals surface area contributed by atoms with Crippen molar-refractivity contribution < 1.29 is 14.3 Å². The van der Waals surface area contributed by atoms with E-state index >= 15 is 0 Å². The molecule has 8 heteroatoms. The molecule has 0 saturated heterocycles. The van der Waals surface area contributed by atoms with Gasteiger partial charge in [0, 0.05) is 31.8 Å². The number of hydrogen-bond donors (Lipinski definition) is 1. The summed E-state index contributed by atoms with van der Waals surface area (Å²) in [7, 11) is 3.62. The molecule has 2 aromatic rings. The van der Waals surface area contributed by atoms with Gasteiger partial charge in [-0.2, -0.15) is 0 Å². The summed E-state index contributed by atoms with van der Waals surface area (Å²) < 4.78 is 11.1. The molecule has 136 valence electrons. The van der Waals surface area contributed by atoms with Gasteiger partial charge < -0.3 is 19.3 Å². The Morgan fingerprint density at radius 3 is 2.77 bits per heavy atom. The van der Waals surface area contributed by atoms with E-state index in [9.17, 15) is 9.59 Å². The summed E-state index contributed by atoms with van der Waals surface area (Å²) in [5, 5.41) is 0. The fourth-order valence-corrected chi connectivity index (χ4v) is 3.17. The second kappa shape index (κ2) is 6.36. The molecule has 2 aliphatic rings. The van der Waals surface area contributed by atoms with Gasteiger partial charge in [-0.25, -0.2) is 4.98 Å². The van der Waals surface area contributed by atoms with Crippen LogP contribution in [0.25, 0.3) is 0 Å². The minimum Gasteiger partial charge on any atom is -0.486 e. The number of aromatic amines is 1. The molecule has 1 aromatic heterocycles. The van der Waals surface area contributed by atoms with Crippen LogP contribution in [0.1, 0.15) is 21.6 Å². The van der Waals surface area contributed by atoms with E-state index in [4.69, 9.17) is 9.47 Å². The fraction of sp³-hybridized carbons (Fsp3) is 0.389. The van der Waals surface area contributed by atoms with Gasteiger partial charge in [0.1, 0.15) is 13.2 Å². The van der Waals surface area contributed by atoms with Gasteiger partial charge in [0.25, 0.3) is 11.5 Å². The summed E-state index contributed by atoms with van der Waals surface area (Å²) in [6.45, 7) is 1.78. The van der Waals surface area contributed by atoms with Crippen LogP contribution in [0, 0.1) is 0 Å². The highest BCUT2D eigenvalue weighted by Crippen LogP contribution is 2.31. The van der Waals surface area contributed by atoms with Crippen LogP contribution < -0.4 is 19.9 Å². The monoisotopic (exact) mass is 356 g/mol. The molecule has 1 amide bonds. The Hall–Kier alpha value is -3.03. The van der Waals surface area contributed by atoms with Crippen LogP contribution in [0.4, 0.5) is 5.95 Å². The van der Waals surface area contributed by atoms with E-state index in [-0.39, 0.29) is 11.5 Å². The summed E-state index contributed by atoms with van der Waals surface area (Å²) in [6.07, 6.45) is 0.488. The lowest BCUT2D eigenvalue weighted by Crippen LogP contribution is -2.39. The van der Waals surface area contributed by atoms with Crippen LogP contribution in [0.2, 0.25) is 0 Å². The normalized spacial score (nSPS) is 15.4. The van der Waals surface area contributed by atoms with Crippen LogP contribution in [-0.4, -0.2) is 54.6 Å². The van der Waals surface area contributed by atoms with E-state index in [1.54, 1.807) is 28.0 Å². The standard InChI is InChI=1S/C18H20N4O4/c1-21(2)18-19-13-10-22(6-5-12(13)16(23)20-18)17(24)11-3-4-14-15(9-11)26-8-7-25-14/h3-4,9H,5-8,10H2,1-2H3,(H,19,20,23). The number of H-pyrrole nitrogens is 1. The molecule has 1 N–H and O–H groups in total. The SMILES string of the molecule is CN(C)c1nc2c(c(=O)[nH]1)CCN(C(=O)c1ccc3c(c1)OCCO3)C2. The van der Waals surface area contributed by atoms with E-state index in [0.717, 1.165) is 0 Å². The van der Waals surface area contributed by atoms with Crippen molar-refractivity contribution >= 4 is 11.9 Å². The zero-order valence-electron chi connectivity index (χ0n) is 14.7. The van der Waals surface area contributed by atoms with Gasteiger partial charge in [-0.3, -0.25) is 14.6 Å². The maximum absolute atomic E-state index is 12.9. The van der Waals surface area contributed by atoms with E-state index in [1.807, 2.05) is 14.1 Å². The highest BCUT2D eigenvalue weighted by atomic mass is 16.6. The first kappa shape index (κ1) is 16.4. The van der Waals surface area contributed by atoms with Gasteiger partial charge in [0.2, 0.25) is 5.95 Å². The molecule has 0 spiro atoms. The maximum Gasteiger partial charge on any atom is 0.255 e. The van der Waals surface area contributed by atoms with E-state index in [0.29, 0.717) is 67.0 Å². The molecule has 4 rings (SSSR count). The molecule has 0 fully saturated rings. The van der Waals surface area contributed by atoms with Crippen molar-refractivity contribution in [3.05, 3.63) is 45.4 Å². The Morgan fingerprint density at radius 2 is 2.00 bits per heavy atom. The molecule has 3 heterocycles. The van der Waals surface area contributed by atoms with Gasteiger partial charge >= 0.3 is 0 Å². The number of ether oxygens (including phenoxy) is 2. The molecule has 8 nitrogen and oxygen atoms in total. The minimum atomic E-state index is -0.134. The molecule has 0 aliphatic carbocycles. The Morgan fingerprint density at radius 1 is 1.23 bits per heavy atom. The van der Waals surface area contributed by atoms with Crippen molar-refractivity contribution in [2.24, 2.45) is 0 Å². The summed E-state index contributed by atoms with van der Waals surface area (Å²) in [6, 6.07) is 5.21. The zero-order chi connectivity index (χ0) is 18.3. The van der Waals surface area contributed by atoms with Crippen LogP contribution in [0.5, 0.6) is 11.5 Å². The number of hydrogen-bond acceptors (Lipinski definition) is 6. The second-order valence-corrected chi connectivity index (χ2v) is 6.54. The van der Waals surface area contributed by atoms with E-state index < -0.39 is 0 Å². The summed E-state index contributed by atoms with van der Waals surface area (Å²) in [5.74, 6) is 1.62. The maximum atomic E-state index is 12.9. The number of carbonyl (C=O) groups is 1. The summed E-state index contributed by atoms with van der Waals surface area (Å²) in [5.41, 5.74) is 1.71. The second-order valence-electron chi connectivity index (χ2n) is 6.54. The first-order valence-electron chi connectivity index (χ1n) is 8.51. The number of benzene rings is 1. The van der Waals surface area contributed by atoms with Crippen LogP contribution in [-0.2, 0) is 13.0 Å². The largest absolute Gasteiger partial charge is 0.486 e. The lowest BCUT2D eigenvalue weighted by atomic mass is 10.0. The predicted octanol–water partition coefficient (Wildman–Crippen LogP) is 0.806. The Kier molecular flexibility index (Phi) is 4.02. The highest BCUT2D eigenvalue weighted by Gasteiger charge is 2.26. The first-order chi connectivity index (χ1) is 12.5. The van der Waals surface area contributed by atoms with Gasteiger partial charge in [-0.15, -0.1) is 0 Å². The molecular weight excluding hydrogens is 336 g/mol. The van der Waals surface area contributed by atoms with Crippen LogP contribution in [0.15, 0.2) is 23.0 Å². The van der Waals surface area contributed by atoms with E-state index in [2.05, 4.69) is 9.97 Å². The van der Waals surface area contributed by atoms with Crippen molar-refractivity contribution in [1.82, 2.24) is 14.9 Å².